The number of benzene rings is 10. The van der Waals surface area contributed by atoms with Crippen LogP contribution in [0.2, 0.25) is 0 Å². The van der Waals surface area contributed by atoms with Crippen molar-refractivity contribution in [3.05, 3.63) is 241 Å². The van der Waals surface area contributed by atoms with Gasteiger partial charge < -0.3 is 14.2 Å². The lowest BCUT2D eigenvalue weighted by atomic mass is 9.69. The quantitative estimate of drug-likeness (QED) is 0.176. The maximum absolute atomic E-state index is 6.74. The summed E-state index contributed by atoms with van der Waals surface area (Å²) in [6.45, 7) is 9.59. The molecule has 0 saturated carbocycles. The van der Waals surface area contributed by atoms with E-state index in [2.05, 4.69) is 256 Å². The average Bonchev–Trinajstić information content (AvgIpc) is 3.78. The highest BCUT2D eigenvalue weighted by atomic mass is 16.3. The maximum Gasteiger partial charge on any atom is 0.143 e. The zero-order valence-corrected chi connectivity index (χ0v) is 39.1. The van der Waals surface area contributed by atoms with Crippen LogP contribution in [0, 0.1) is 0 Å². The molecule has 69 heavy (non-hydrogen) atoms. The molecule has 0 unspecified atom stereocenters. The molecule has 1 aliphatic carbocycles. The molecule has 3 heterocycles. The first-order valence-electron chi connectivity index (χ1n) is 24.2. The van der Waals surface area contributed by atoms with Crippen LogP contribution in [0.15, 0.2) is 223 Å². The Kier molecular flexibility index (Phi) is 8.38. The van der Waals surface area contributed by atoms with Crippen LogP contribution in [0.1, 0.15) is 49.9 Å². The van der Waals surface area contributed by atoms with Crippen LogP contribution in [-0.2, 0) is 10.8 Å². The predicted octanol–water partition coefficient (Wildman–Crippen LogP) is 18.5. The second-order valence-corrected chi connectivity index (χ2v) is 20.0. The van der Waals surface area contributed by atoms with Gasteiger partial charge in [-0.15, -0.1) is 0 Å². The van der Waals surface area contributed by atoms with Crippen molar-refractivity contribution in [3.63, 3.8) is 0 Å². The topological polar surface area (TPSA) is 19.6 Å². The van der Waals surface area contributed by atoms with Crippen molar-refractivity contribution >= 4 is 56.1 Å². The van der Waals surface area contributed by atoms with Crippen molar-refractivity contribution in [3.8, 4) is 55.6 Å². The molecule has 1 aromatic heterocycles. The van der Waals surface area contributed by atoms with Crippen molar-refractivity contribution in [2.45, 2.75) is 38.5 Å². The van der Waals surface area contributed by atoms with E-state index in [9.17, 15) is 0 Å². The highest BCUT2D eigenvalue weighted by Crippen LogP contribution is 2.60. The van der Waals surface area contributed by atoms with E-state index in [-0.39, 0.29) is 10.8 Å². The van der Waals surface area contributed by atoms with Crippen LogP contribution in [0.25, 0.3) is 77.6 Å². The van der Waals surface area contributed by atoms with Gasteiger partial charge in [0.1, 0.15) is 11.2 Å². The first kappa shape index (κ1) is 39.7. The molecule has 3 aliphatic rings. The van der Waals surface area contributed by atoms with E-state index < -0.39 is 0 Å². The molecule has 2 aliphatic heterocycles. The van der Waals surface area contributed by atoms with Crippen LogP contribution in [-0.4, -0.2) is 0 Å². The molecule has 0 fully saturated rings. The van der Waals surface area contributed by atoms with Gasteiger partial charge in [-0.05, 0) is 145 Å². The summed E-state index contributed by atoms with van der Waals surface area (Å²) in [7, 11) is 0. The van der Waals surface area contributed by atoms with Gasteiger partial charge in [0, 0.05) is 38.5 Å². The molecule has 3 heteroatoms. The third-order valence-corrected chi connectivity index (χ3v) is 15.6. The molecule has 0 radical (unpaired) electrons. The fourth-order valence-electron chi connectivity index (χ4n) is 12.2. The molecule has 0 spiro atoms. The minimum Gasteiger partial charge on any atom is -0.455 e. The number of anilines is 6. The summed E-state index contributed by atoms with van der Waals surface area (Å²) in [5.74, 6) is 0. The second kappa shape index (κ2) is 14.6. The molecule has 0 bridgehead atoms. The molecule has 0 atom stereocenters. The molecular formula is C66H48N2O. The highest BCUT2D eigenvalue weighted by Gasteiger charge is 2.41. The summed E-state index contributed by atoms with van der Waals surface area (Å²) in [4.78, 5) is 4.97. The molecule has 0 saturated heterocycles. The van der Waals surface area contributed by atoms with E-state index >= 15 is 0 Å². The molecule has 14 rings (SSSR count). The number of furan rings is 1. The third-order valence-electron chi connectivity index (χ3n) is 15.6. The smallest absolute Gasteiger partial charge is 0.143 e. The largest absolute Gasteiger partial charge is 0.455 e. The Bertz CT molecular complexity index is 3880. The monoisotopic (exact) mass is 884 g/mol. The second-order valence-electron chi connectivity index (χ2n) is 20.0. The fourth-order valence-corrected chi connectivity index (χ4v) is 12.2. The van der Waals surface area contributed by atoms with E-state index in [1.54, 1.807) is 0 Å². The van der Waals surface area contributed by atoms with E-state index in [1.807, 2.05) is 0 Å². The Labute approximate surface area is 403 Å². The first-order valence-corrected chi connectivity index (χ1v) is 24.2. The van der Waals surface area contributed by atoms with E-state index in [4.69, 9.17) is 4.42 Å². The van der Waals surface area contributed by atoms with Crippen LogP contribution in [0.4, 0.5) is 34.1 Å². The Balaban J connectivity index is 1.11. The SMILES string of the molecule is CC1(C)c2ccccc2N(c2ccccc2)c2cc3c(cc21)-c1ccc(-c2cccc4c2oc2ccccc24)cc1-c1cc2c(cc1-c1ccccc1-3)C(C)(C)c1ccccc1N2c1ccccc1. The third kappa shape index (κ3) is 5.68. The lowest BCUT2D eigenvalue weighted by Crippen LogP contribution is -2.31. The van der Waals surface area contributed by atoms with Crippen molar-refractivity contribution in [2.75, 3.05) is 9.80 Å². The lowest BCUT2D eigenvalue weighted by molar-refractivity contribution is 0.632. The van der Waals surface area contributed by atoms with Gasteiger partial charge >= 0.3 is 0 Å². The van der Waals surface area contributed by atoms with E-state index in [0.29, 0.717) is 0 Å². The standard InChI is InChI=1S/C66H48N2O/c1-65(2)56-30-15-17-32-60(56)68(43-22-9-6-10-23-43)62-40-54-50-36-41(44-27-19-28-49-48-26-13-18-33-63(48)69-64(44)49)34-35-47(50)52-38-58-61(39-53(52)46-25-12-11-24-45(46)51(54)37-57(62)65)67(42-20-7-5-8-21-42)59-31-16-14-29-55(59)66(58,3)4/h5-40H,1-4H3. The Morgan fingerprint density at radius 2 is 0.739 bits per heavy atom. The highest BCUT2D eigenvalue weighted by molar-refractivity contribution is 6.11. The van der Waals surface area contributed by atoms with E-state index in [1.165, 1.54) is 89.5 Å². The van der Waals surface area contributed by atoms with Crippen molar-refractivity contribution in [1.29, 1.82) is 0 Å². The van der Waals surface area contributed by atoms with Gasteiger partial charge in [0.2, 0.25) is 0 Å². The van der Waals surface area contributed by atoms with Gasteiger partial charge in [0.25, 0.3) is 0 Å². The molecule has 3 nitrogen and oxygen atoms in total. The lowest BCUT2D eigenvalue weighted by Gasteiger charge is -2.43. The van der Waals surface area contributed by atoms with Crippen LogP contribution >= 0.6 is 0 Å². The van der Waals surface area contributed by atoms with Gasteiger partial charge in [-0.2, -0.15) is 0 Å². The Morgan fingerprint density at radius 3 is 1.33 bits per heavy atom. The average molecular weight is 885 g/mol. The molecule has 10 aromatic carbocycles. The van der Waals surface area contributed by atoms with Crippen LogP contribution in [0.3, 0.4) is 0 Å². The van der Waals surface area contributed by atoms with Gasteiger partial charge in [0.05, 0.1) is 22.7 Å². The number of para-hydroxylation sites is 6. The molecule has 0 amide bonds. The first-order chi connectivity index (χ1) is 33.8. The van der Waals surface area contributed by atoms with Gasteiger partial charge in [-0.3, -0.25) is 0 Å². The summed E-state index contributed by atoms with van der Waals surface area (Å²) >= 11 is 0. The number of nitrogens with zero attached hydrogens (tertiary/aromatic N) is 2. The Hall–Kier alpha value is -8.40. The number of rotatable bonds is 3. The summed E-state index contributed by atoms with van der Waals surface area (Å²) in [6, 6.07) is 81.0. The van der Waals surface area contributed by atoms with Crippen LogP contribution < -0.4 is 9.80 Å². The number of hydrogen-bond acceptors (Lipinski definition) is 3. The zero-order chi connectivity index (χ0) is 46.2. The normalized spacial score (nSPS) is 14.6. The van der Waals surface area contributed by atoms with Crippen LogP contribution in [0.5, 0.6) is 0 Å². The maximum atomic E-state index is 6.74. The fraction of sp³-hybridized carbons (Fsp3) is 0.0909. The van der Waals surface area contributed by atoms with Gasteiger partial charge in [-0.1, -0.05) is 173 Å². The van der Waals surface area contributed by atoms with Crippen molar-refractivity contribution < 1.29 is 4.42 Å². The zero-order valence-electron chi connectivity index (χ0n) is 39.1. The summed E-state index contributed by atoms with van der Waals surface area (Å²) in [5, 5.41) is 2.26. The van der Waals surface area contributed by atoms with Gasteiger partial charge in [-0.25, -0.2) is 0 Å². The van der Waals surface area contributed by atoms with Crippen molar-refractivity contribution in [1.82, 2.24) is 0 Å². The Morgan fingerprint density at radius 1 is 0.304 bits per heavy atom. The summed E-state index contributed by atoms with van der Waals surface area (Å²) in [6.07, 6.45) is 0. The predicted molar refractivity (Wildman–Crippen MR) is 288 cm³/mol. The molecular weight excluding hydrogens is 837 g/mol. The molecule has 11 aromatic rings. The summed E-state index contributed by atoms with van der Waals surface area (Å²) in [5.41, 5.74) is 25.4. The number of hydrogen-bond donors (Lipinski definition) is 0. The van der Waals surface area contributed by atoms with Crippen molar-refractivity contribution in [2.24, 2.45) is 0 Å². The van der Waals surface area contributed by atoms with E-state index in [0.717, 1.165) is 44.4 Å². The summed E-state index contributed by atoms with van der Waals surface area (Å²) < 4.78 is 6.74. The molecule has 328 valence electrons. The minimum atomic E-state index is -0.294. The van der Waals surface area contributed by atoms with Gasteiger partial charge in [0.15, 0.2) is 0 Å². The number of fused-ring (bicyclic) bond motifs is 15. The minimum absolute atomic E-state index is 0.294. The molecule has 0 N–H and O–H groups in total.